The second kappa shape index (κ2) is 3.55. The summed E-state index contributed by atoms with van der Waals surface area (Å²) in [5.41, 5.74) is -0.176. The van der Waals surface area contributed by atoms with E-state index in [2.05, 4.69) is 0 Å². The van der Waals surface area contributed by atoms with Crippen LogP contribution in [0.25, 0.3) is 0 Å². The van der Waals surface area contributed by atoms with E-state index in [1.165, 1.54) is 0 Å². The van der Waals surface area contributed by atoms with Gasteiger partial charge in [-0.3, -0.25) is 0 Å². The summed E-state index contributed by atoms with van der Waals surface area (Å²) in [7, 11) is 0. The maximum atomic E-state index is 11.4. The van der Waals surface area contributed by atoms with Gasteiger partial charge in [0.2, 0.25) is 0 Å². The Morgan fingerprint density at radius 2 is 2.00 bits per heavy atom. The first-order valence-electron chi connectivity index (χ1n) is 2.36. The largest absolute Gasteiger partial charge is 0.392 e. The van der Waals surface area contributed by atoms with Crippen LogP contribution < -0.4 is 0 Å². The maximum Gasteiger partial charge on any atom is 0.271 e. The van der Waals surface area contributed by atoms with Gasteiger partial charge in [0.25, 0.3) is 6.08 Å². The Morgan fingerprint density at radius 3 is 2.00 bits per heavy atom. The van der Waals surface area contributed by atoms with Gasteiger partial charge in [0.05, 0.1) is 6.61 Å². The first-order valence-corrected chi connectivity index (χ1v) is 2.36. The molecule has 0 aliphatic heterocycles. The van der Waals surface area contributed by atoms with Crippen molar-refractivity contribution in [3.8, 4) is 0 Å². The molecule has 0 amide bonds. The van der Waals surface area contributed by atoms with Crippen molar-refractivity contribution < 1.29 is 13.9 Å². The lowest BCUT2D eigenvalue weighted by molar-refractivity contribution is 0.307. The van der Waals surface area contributed by atoms with E-state index in [0.29, 0.717) is 0 Å². The lowest BCUT2D eigenvalue weighted by atomic mass is 10.2. The molecule has 0 fully saturated rings. The highest BCUT2D eigenvalue weighted by molar-refractivity contribution is 5.00. The van der Waals surface area contributed by atoms with E-state index < -0.39 is 12.7 Å². The predicted molar refractivity (Wildman–Crippen MR) is 26.6 cm³/mol. The van der Waals surface area contributed by atoms with Crippen LogP contribution in [0.1, 0.15) is 13.3 Å². The third-order valence-corrected chi connectivity index (χ3v) is 0.885. The van der Waals surface area contributed by atoms with Crippen LogP contribution in [0.4, 0.5) is 8.78 Å². The van der Waals surface area contributed by atoms with Gasteiger partial charge in [-0.2, -0.15) is 8.78 Å². The van der Waals surface area contributed by atoms with Crippen molar-refractivity contribution in [2.45, 2.75) is 13.3 Å². The highest BCUT2D eigenvalue weighted by Crippen LogP contribution is 2.09. The Morgan fingerprint density at radius 1 is 1.50 bits per heavy atom. The lowest BCUT2D eigenvalue weighted by Gasteiger charge is -1.93. The number of aliphatic hydroxyl groups is 1. The third kappa shape index (κ3) is 2.02. The molecule has 1 N–H and O–H groups in total. The van der Waals surface area contributed by atoms with E-state index in [9.17, 15) is 8.78 Å². The second-order valence-corrected chi connectivity index (χ2v) is 1.38. The van der Waals surface area contributed by atoms with Crippen LogP contribution in [0.5, 0.6) is 0 Å². The first kappa shape index (κ1) is 7.56. The van der Waals surface area contributed by atoms with Crippen LogP contribution >= 0.6 is 0 Å². The summed E-state index contributed by atoms with van der Waals surface area (Å²) in [6, 6.07) is 0. The van der Waals surface area contributed by atoms with Gasteiger partial charge in [0.15, 0.2) is 0 Å². The molecule has 0 bridgehead atoms. The minimum atomic E-state index is -1.75. The van der Waals surface area contributed by atoms with Gasteiger partial charge in [0.1, 0.15) is 0 Å². The van der Waals surface area contributed by atoms with Crippen LogP contribution in [0.3, 0.4) is 0 Å². The fourth-order valence-electron chi connectivity index (χ4n) is 0.305. The zero-order valence-corrected chi connectivity index (χ0v) is 4.62. The number of rotatable bonds is 2. The van der Waals surface area contributed by atoms with E-state index in [-0.39, 0.29) is 12.0 Å². The fourth-order valence-corrected chi connectivity index (χ4v) is 0.305. The van der Waals surface area contributed by atoms with E-state index in [0.717, 1.165) is 0 Å². The monoisotopic (exact) mass is 122 g/mol. The normalized spacial score (nSPS) is 9.00. The van der Waals surface area contributed by atoms with Crippen LogP contribution in [0.2, 0.25) is 0 Å². The highest BCUT2D eigenvalue weighted by atomic mass is 19.3. The quantitative estimate of drug-likeness (QED) is 0.589. The van der Waals surface area contributed by atoms with Crippen LogP contribution in [0, 0.1) is 0 Å². The minimum absolute atomic E-state index is 0.176. The topological polar surface area (TPSA) is 20.2 Å². The molecule has 0 radical (unpaired) electrons. The lowest BCUT2D eigenvalue weighted by Crippen LogP contribution is -1.88. The Kier molecular flexibility index (Phi) is 3.35. The van der Waals surface area contributed by atoms with Gasteiger partial charge >= 0.3 is 0 Å². The summed E-state index contributed by atoms with van der Waals surface area (Å²) in [5, 5.41) is 8.16. The summed E-state index contributed by atoms with van der Waals surface area (Å²) in [6.07, 6.45) is -1.53. The second-order valence-electron chi connectivity index (χ2n) is 1.38. The minimum Gasteiger partial charge on any atom is -0.392 e. The molecule has 0 aliphatic carbocycles. The molecule has 0 rings (SSSR count). The van der Waals surface area contributed by atoms with Crippen molar-refractivity contribution in [1.82, 2.24) is 0 Å². The molecule has 0 atom stereocenters. The average Bonchev–Trinajstić information content (AvgIpc) is 1.69. The van der Waals surface area contributed by atoms with Gasteiger partial charge < -0.3 is 5.11 Å². The van der Waals surface area contributed by atoms with Crippen LogP contribution in [-0.4, -0.2) is 11.7 Å². The van der Waals surface area contributed by atoms with Gasteiger partial charge in [0, 0.05) is 5.57 Å². The summed E-state index contributed by atoms with van der Waals surface area (Å²) in [5.74, 6) is 0. The molecule has 0 aromatic carbocycles. The van der Waals surface area contributed by atoms with Crippen molar-refractivity contribution in [1.29, 1.82) is 0 Å². The molecule has 0 unspecified atom stereocenters. The number of halogens is 2. The molecular weight excluding hydrogens is 114 g/mol. The first-order chi connectivity index (χ1) is 3.72. The Balaban J connectivity index is 3.86. The molecule has 0 aliphatic rings. The Labute approximate surface area is 46.6 Å². The summed E-state index contributed by atoms with van der Waals surface area (Å²) in [6.45, 7) is 1.05. The van der Waals surface area contributed by atoms with Gasteiger partial charge in [-0.15, -0.1) is 0 Å². The summed E-state index contributed by atoms with van der Waals surface area (Å²) in [4.78, 5) is 0. The Bertz CT molecular complexity index is 88.6. The van der Waals surface area contributed by atoms with E-state index >= 15 is 0 Å². The van der Waals surface area contributed by atoms with Crippen molar-refractivity contribution in [3.63, 3.8) is 0 Å². The molecule has 0 aromatic heterocycles. The van der Waals surface area contributed by atoms with Gasteiger partial charge in [-0.1, -0.05) is 6.92 Å². The summed E-state index contributed by atoms with van der Waals surface area (Å²) >= 11 is 0. The average molecular weight is 122 g/mol. The van der Waals surface area contributed by atoms with Crippen molar-refractivity contribution in [2.24, 2.45) is 0 Å². The number of hydrogen-bond donors (Lipinski definition) is 1. The standard InChI is InChI=1S/C5H8F2O/c1-2-4(3-8)5(6)7/h8H,2-3H2,1H3. The van der Waals surface area contributed by atoms with E-state index in [1.54, 1.807) is 6.92 Å². The molecule has 0 saturated carbocycles. The van der Waals surface area contributed by atoms with Crippen molar-refractivity contribution in [3.05, 3.63) is 11.7 Å². The van der Waals surface area contributed by atoms with Crippen molar-refractivity contribution in [2.75, 3.05) is 6.61 Å². The molecule has 0 heterocycles. The fraction of sp³-hybridized carbons (Fsp3) is 0.600. The van der Waals surface area contributed by atoms with Crippen LogP contribution in [-0.2, 0) is 0 Å². The number of hydrogen-bond acceptors (Lipinski definition) is 1. The highest BCUT2D eigenvalue weighted by Gasteiger charge is 1.99. The van der Waals surface area contributed by atoms with E-state index in [4.69, 9.17) is 5.11 Å². The van der Waals surface area contributed by atoms with Gasteiger partial charge in [-0.25, -0.2) is 0 Å². The predicted octanol–water partition coefficient (Wildman–Crippen LogP) is 1.54. The molecule has 0 aromatic rings. The van der Waals surface area contributed by atoms with Crippen LogP contribution in [0.15, 0.2) is 11.7 Å². The molecule has 48 valence electrons. The van der Waals surface area contributed by atoms with Gasteiger partial charge in [-0.05, 0) is 6.42 Å². The SMILES string of the molecule is CCC(CO)=C(F)F. The zero-order chi connectivity index (χ0) is 6.57. The smallest absolute Gasteiger partial charge is 0.271 e. The molecular formula is C5H8F2O. The van der Waals surface area contributed by atoms with Crippen molar-refractivity contribution >= 4 is 0 Å². The molecule has 8 heavy (non-hydrogen) atoms. The third-order valence-electron chi connectivity index (χ3n) is 0.885. The molecule has 0 spiro atoms. The molecule has 0 saturated heterocycles. The molecule has 3 heteroatoms. The maximum absolute atomic E-state index is 11.4. The molecule has 1 nitrogen and oxygen atoms in total. The van der Waals surface area contributed by atoms with E-state index in [1.807, 2.05) is 0 Å². The Hall–Kier alpha value is -0.440. The number of aliphatic hydroxyl groups excluding tert-OH is 1. The summed E-state index contributed by atoms with van der Waals surface area (Å²) < 4.78 is 22.8. The zero-order valence-electron chi connectivity index (χ0n) is 4.62.